The topological polar surface area (TPSA) is 58.4 Å². The molecule has 6 heteroatoms. The predicted octanol–water partition coefficient (Wildman–Crippen LogP) is 1.76. The summed E-state index contributed by atoms with van der Waals surface area (Å²) in [5.74, 6) is 0.308. The highest BCUT2D eigenvalue weighted by Crippen LogP contribution is 2.16. The molecule has 1 amide bonds. The Morgan fingerprint density at radius 1 is 1.52 bits per heavy atom. The van der Waals surface area contributed by atoms with Crippen LogP contribution in [-0.4, -0.2) is 27.9 Å². The third-order valence-corrected chi connectivity index (χ3v) is 3.92. The average molecular weight is 309 g/mol. The van der Waals surface area contributed by atoms with Gasteiger partial charge in [-0.15, -0.1) is 12.4 Å². The molecule has 1 aliphatic heterocycles. The molecule has 0 saturated carbocycles. The lowest BCUT2D eigenvalue weighted by Crippen LogP contribution is -2.42. The molecule has 2 atom stereocenters. The van der Waals surface area contributed by atoms with E-state index in [0.29, 0.717) is 12.6 Å². The van der Waals surface area contributed by atoms with E-state index in [1.54, 1.807) is 6.20 Å². The van der Waals surface area contributed by atoms with Crippen LogP contribution >= 0.6 is 12.4 Å². The predicted molar refractivity (Wildman–Crippen MR) is 84.5 cm³/mol. The second kappa shape index (κ2) is 6.91. The monoisotopic (exact) mass is 308 g/mol. The second-order valence-corrected chi connectivity index (χ2v) is 5.52. The number of hydrogen-bond donors (Lipinski definition) is 2. The molecule has 21 heavy (non-hydrogen) atoms. The first kappa shape index (κ1) is 15.8. The fraction of sp³-hybridized carbons (Fsp3) is 0.467. The number of imidazole rings is 1. The molecule has 3 rings (SSSR count). The van der Waals surface area contributed by atoms with Crippen molar-refractivity contribution >= 4 is 24.0 Å². The van der Waals surface area contributed by atoms with Crippen LogP contribution in [-0.2, 0) is 11.3 Å². The molecule has 1 saturated heterocycles. The smallest absolute Gasteiger partial charge is 0.223 e. The van der Waals surface area contributed by atoms with Gasteiger partial charge >= 0.3 is 0 Å². The fourth-order valence-corrected chi connectivity index (χ4v) is 2.77. The van der Waals surface area contributed by atoms with Crippen molar-refractivity contribution in [3.8, 4) is 0 Å². The molecule has 3 heterocycles. The van der Waals surface area contributed by atoms with Crippen molar-refractivity contribution in [2.75, 3.05) is 6.54 Å². The van der Waals surface area contributed by atoms with Gasteiger partial charge in [0, 0.05) is 37.1 Å². The van der Waals surface area contributed by atoms with Gasteiger partial charge in [-0.3, -0.25) is 4.79 Å². The number of amides is 1. The molecule has 2 aromatic heterocycles. The summed E-state index contributed by atoms with van der Waals surface area (Å²) < 4.78 is 1.96. The van der Waals surface area contributed by atoms with Crippen molar-refractivity contribution in [1.82, 2.24) is 20.0 Å². The number of fused-ring (bicyclic) bond motifs is 1. The van der Waals surface area contributed by atoms with Crippen LogP contribution in [0.5, 0.6) is 0 Å². The maximum absolute atomic E-state index is 12.2. The number of carbonyl (C=O) groups is 1. The van der Waals surface area contributed by atoms with Crippen molar-refractivity contribution in [2.24, 2.45) is 5.92 Å². The summed E-state index contributed by atoms with van der Waals surface area (Å²) in [6.45, 7) is 3.63. The Balaban J connectivity index is 0.00000161. The molecule has 1 fully saturated rings. The molecule has 2 aromatic rings. The van der Waals surface area contributed by atoms with Gasteiger partial charge in [-0.1, -0.05) is 0 Å². The first-order valence-corrected chi connectivity index (χ1v) is 7.15. The Bertz CT molecular complexity index is 612. The minimum Gasteiger partial charge on any atom is -0.352 e. The Hall–Kier alpha value is -1.59. The van der Waals surface area contributed by atoms with Crippen LogP contribution in [0, 0.1) is 5.92 Å². The van der Waals surface area contributed by atoms with Crippen LogP contribution in [0.3, 0.4) is 0 Å². The Kier molecular flexibility index (Phi) is 5.20. The first-order valence-electron chi connectivity index (χ1n) is 7.15. The maximum Gasteiger partial charge on any atom is 0.223 e. The van der Waals surface area contributed by atoms with Gasteiger partial charge in [0.2, 0.25) is 5.91 Å². The lowest BCUT2D eigenvalue weighted by molar-refractivity contribution is -0.126. The lowest BCUT2D eigenvalue weighted by atomic mass is 9.92. The third-order valence-electron chi connectivity index (χ3n) is 3.92. The number of piperidine rings is 1. The van der Waals surface area contributed by atoms with E-state index in [-0.39, 0.29) is 24.2 Å². The minimum atomic E-state index is 0. The molecule has 0 spiro atoms. The number of aromatic nitrogens is 2. The van der Waals surface area contributed by atoms with Crippen LogP contribution < -0.4 is 10.6 Å². The van der Waals surface area contributed by atoms with Gasteiger partial charge < -0.3 is 15.0 Å². The van der Waals surface area contributed by atoms with Crippen molar-refractivity contribution in [3.63, 3.8) is 0 Å². The molecule has 1 aliphatic rings. The zero-order chi connectivity index (χ0) is 13.9. The largest absolute Gasteiger partial charge is 0.352 e. The van der Waals surface area contributed by atoms with Gasteiger partial charge in [-0.05, 0) is 44.0 Å². The van der Waals surface area contributed by atoms with E-state index in [4.69, 9.17) is 0 Å². The number of nitrogens with zero attached hydrogens (tertiary/aromatic N) is 2. The average Bonchev–Trinajstić information content (AvgIpc) is 2.92. The highest BCUT2D eigenvalue weighted by molar-refractivity contribution is 5.85. The van der Waals surface area contributed by atoms with Gasteiger partial charge in [0.15, 0.2) is 0 Å². The summed E-state index contributed by atoms with van der Waals surface area (Å²) >= 11 is 0. The van der Waals surface area contributed by atoms with E-state index in [2.05, 4.69) is 22.5 Å². The summed E-state index contributed by atoms with van der Waals surface area (Å²) in [7, 11) is 0. The lowest BCUT2D eigenvalue weighted by Gasteiger charge is -2.27. The number of pyridine rings is 1. The zero-order valence-electron chi connectivity index (χ0n) is 12.1. The van der Waals surface area contributed by atoms with Gasteiger partial charge in [0.05, 0.1) is 0 Å². The Labute approximate surface area is 130 Å². The molecule has 0 aromatic carbocycles. The standard InChI is InChI=1S/C15H20N4O.ClH/c1-11-8-13(2-4-16-11)15(20)18-10-12-3-6-19-7-5-17-14(19)9-12;/h3,5-7,9,11,13,16H,2,4,8,10H2,1H3,(H,18,20);1H/t11-,13-;/m0./s1. The van der Waals surface area contributed by atoms with E-state index in [9.17, 15) is 4.79 Å². The van der Waals surface area contributed by atoms with Crippen molar-refractivity contribution in [3.05, 3.63) is 36.3 Å². The number of rotatable bonds is 3. The SMILES string of the molecule is C[C@H]1C[C@@H](C(=O)NCc2ccn3ccnc3c2)CCN1.Cl. The minimum absolute atomic E-state index is 0. The van der Waals surface area contributed by atoms with E-state index < -0.39 is 0 Å². The van der Waals surface area contributed by atoms with Gasteiger partial charge in [0.1, 0.15) is 5.65 Å². The number of carbonyl (C=O) groups excluding carboxylic acids is 1. The molecule has 2 N–H and O–H groups in total. The summed E-state index contributed by atoms with van der Waals surface area (Å²) in [5, 5.41) is 6.41. The van der Waals surface area contributed by atoms with E-state index >= 15 is 0 Å². The van der Waals surface area contributed by atoms with Crippen molar-refractivity contribution in [1.29, 1.82) is 0 Å². The molecule has 0 unspecified atom stereocenters. The zero-order valence-corrected chi connectivity index (χ0v) is 12.9. The molecule has 0 aliphatic carbocycles. The first-order chi connectivity index (χ1) is 9.72. The van der Waals surface area contributed by atoms with Crippen molar-refractivity contribution < 1.29 is 4.79 Å². The van der Waals surface area contributed by atoms with Crippen LogP contribution in [0.4, 0.5) is 0 Å². The van der Waals surface area contributed by atoms with Gasteiger partial charge in [0.25, 0.3) is 0 Å². The summed E-state index contributed by atoms with van der Waals surface area (Å²) in [6.07, 6.45) is 7.50. The van der Waals surface area contributed by atoms with E-state index in [0.717, 1.165) is 30.6 Å². The van der Waals surface area contributed by atoms with Crippen LogP contribution in [0.25, 0.3) is 5.65 Å². The highest BCUT2D eigenvalue weighted by Gasteiger charge is 2.24. The quantitative estimate of drug-likeness (QED) is 0.908. The fourth-order valence-electron chi connectivity index (χ4n) is 2.77. The molecular formula is C15H21ClN4O. The summed E-state index contributed by atoms with van der Waals surface area (Å²) in [6, 6.07) is 4.45. The Morgan fingerprint density at radius 2 is 2.38 bits per heavy atom. The van der Waals surface area contributed by atoms with Crippen LogP contribution in [0.1, 0.15) is 25.3 Å². The van der Waals surface area contributed by atoms with Crippen LogP contribution in [0.15, 0.2) is 30.7 Å². The van der Waals surface area contributed by atoms with Gasteiger partial charge in [-0.2, -0.15) is 0 Å². The Morgan fingerprint density at radius 3 is 3.19 bits per heavy atom. The van der Waals surface area contributed by atoms with E-state index in [1.807, 2.05) is 28.9 Å². The van der Waals surface area contributed by atoms with Gasteiger partial charge in [-0.25, -0.2) is 4.98 Å². The van der Waals surface area contributed by atoms with Crippen LogP contribution in [0.2, 0.25) is 0 Å². The highest BCUT2D eigenvalue weighted by atomic mass is 35.5. The summed E-state index contributed by atoms with van der Waals surface area (Å²) in [5.41, 5.74) is 1.99. The third kappa shape index (κ3) is 3.74. The summed E-state index contributed by atoms with van der Waals surface area (Å²) in [4.78, 5) is 16.4. The van der Waals surface area contributed by atoms with E-state index in [1.165, 1.54) is 0 Å². The molecule has 0 bridgehead atoms. The maximum atomic E-state index is 12.2. The molecule has 5 nitrogen and oxygen atoms in total. The molecular weight excluding hydrogens is 288 g/mol. The normalized spacial score (nSPS) is 21.8. The van der Waals surface area contributed by atoms with Crippen molar-refractivity contribution in [2.45, 2.75) is 32.4 Å². The number of hydrogen-bond acceptors (Lipinski definition) is 3. The molecule has 114 valence electrons. The second-order valence-electron chi connectivity index (χ2n) is 5.52. The number of nitrogens with one attached hydrogen (secondary N) is 2. The number of halogens is 1. The molecule has 0 radical (unpaired) electrons.